The van der Waals surface area contributed by atoms with Crippen molar-refractivity contribution in [2.45, 2.75) is 13.7 Å². The van der Waals surface area contributed by atoms with Crippen LogP contribution in [0.4, 0.5) is 14.9 Å². The van der Waals surface area contributed by atoms with E-state index in [1.165, 1.54) is 21.8 Å². The average Bonchev–Trinajstić information content (AvgIpc) is 3.21. The lowest BCUT2D eigenvalue weighted by Gasteiger charge is -2.33. The maximum Gasteiger partial charge on any atom is 0.409 e. The topological polar surface area (TPSA) is 120 Å². The van der Waals surface area contributed by atoms with Gasteiger partial charge in [-0.15, -0.1) is 0 Å². The van der Waals surface area contributed by atoms with Gasteiger partial charge >= 0.3 is 11.8 Å². The molecule has 12 heteroatoms. The third-order valence-corrected chi connectivity index (χ3v) is 4.42. The number of carbonyl (C=O) groups is 2. The number of amides is 2. The molecule has 1 aliphatic rings. The van der Waals surface area contributed by atoms with E-state index < -0.39 is 16.8 Å². The number of hydrogen-bond acceptors (Lipinski definition) is 7. The first-order valence-corrected chi connectivity index (χ1v) is 9.20. The third kappa shape index (κ3) is 4.82. The zero-order valence-electron chi connectivity index (χ0n) is 16.2. The molecule has 30 heavy (non-hydrogen) atoms. The zero-order valence-corrected chi connectivity index (χ0v) is 16.2. The molecule has 0 atom stereocenters. The van der Waals surface area contributed by atoms with Gasteiger partial charge in [0.15, 0.2) is 12.4 Å². The molecular weight excluding hydrogens is 401 g/mol. The summed E-state index contributed by atoms with van der Waals surface area (Å²) in [6.45, 7) is 3.18. The summed E-state index contributed by atoms with van der Waals surface area (Å²) in [5.41, 5.74) is -0.212. The Bertz CT molecular complexity index is 941. The number of piperazine rings is 1. The maximum atomic E-state index is 13.4. The smallest absolute Gasteiger partial charge is 0.409 e. The second-order valence-corrected chi connectivity index (χ2v) is 6.36. The molecule has 11 nitrogen and oxygen atoms in total. The molecule has 0 aliphatic carbocycles. The number of nitrogens with zero attached hydrogens (tertiary/aromatic N) is 5. The Morgan fingerprint density at radius 2 is 1.90 bits per heavy atom. The zero-order chi connectivity index (χ0) is 21.7. The summed E-state index contributed by atoms with van der Waals surface area (Å²) in [4.78, 5) is 37.8. The van der Waals surface area contributed by atoms with Crippen molar-refractivity contribution in [3.8, 4) is 5.75 Å². The summed E-state index contributed by atoms with van der Waals surface area (Å²) in [7, 11) is 0. The van der Waals surface area contributed by atoms with E-state index in [4.69, 9.17) is 9.47 Å². The van der Waals surface area contributed by atoms with E-state index in [1.807, 2.05) is 0 Å². The number of hydrogen-bond donors (Lipinski definition) is 0. The van der Waals surface area contributed by atoms with Gasteiger partial charge in [-0.2, -0.15) is 5.10 Å². The van der Waals surface area contributed by atoms with Gasteiger partial charge in [-0.3, -0.25) is 14.9 Å². The van der Waals surface area contributed by atoms with E-state index in [0.29, 0.717) is 26.2 Å². The van der Waals surface area contributed by atoms with Crippen LogP contribution in [-0.4, -0.2) is 69.3 Å². The predicted molar refractivity (Wildman–Crippen MR) is 100 cm³/mol. The lowest BCUT2D eigenvalue weighted by Crippen LogP contribution is -2.50. The van der Waals surface area contributed by atoms with Crippen molar-refractivity contribution in [3.63, 3.8) is 0 Å². The quantitative estimate of drug-likeness (QED) is 0.516. The number of rotatable bonds is 6. The molecule has 1 aromatic heterocycles. The van der Waals surface area contributed by atoms with Crippen molar-refractivity contribution in [1.82, 2.24) is 19.6 Å². The highest BCUT2D eigenvalue weighted by atomic mass is 19.1. The lowest BCUT2D eigenvalue weighted by atomic mass is 10.3. The summed E-state index contributed by atoms with van der Waals surface area (Å²) >= 11 is 0. The molecule has 2 heterocycles. The van der Waals surface area contributed by atoms with Crippen LogP contribution in [0.1, 0.15) is 17.4 Å². The van der Waals surface area contributed by atoms with Crippen LogP contribution in [-0.2, 0) is 11.5 Å². The normalized spacial score (nSPS) is 13.8. The number of halogens is 1. The molecule has 1 aliphatic heterocycles. The Labute approximate surface area is 170 Å². The van der Waals surface area contributed by atoms with Crippen LogP contribution in [0.3, 0.4) is 0 Å². The fraction of sp³-hybridized carbons (Fsp3) is 0.389. The molecule has 3 rings (SSSR count). The van der Waals surface area contributed by atoms with Crippen molar-refractivity contribution >= 4 is 17.7 Å². The van der Waals surface area contributed by atoms with Gasteiger partial charge in [-0.1, -0.05) is 0 Å². The van der Waals surface area contributed by atoms with E-state index in [1.54, 1.807) is 11.8 Å². The second kappa shape index (κ2) is 9.20. The Kier molecular flexibility index (Phi) is 6.45. The Morgan fingerprint density at radius 1 is 1.20 bits per heavy atom. The van der Waals surface area contributed by atoms with Crippen molar-refractivity contribution in [2.24, 2.45) is 0 Å². The molecule has 2 aromatic rings. The van der Waals surface area contributed by atoms with Crippen LogP contribution in [0.15, 0.2) is 30.5 Å². The van der Waals surface area contributed by atoms with Crippen LogP contribution in [0.2, 0.25) is 0 Å². The van der Waals surface area contributed by atoms with Gasteiger partial charge in [0.25, 0.3) is 5.91 Å². The maximum absolute atomic E-state index is 13.4. The van der Waals surface area contributed by atoms with E-state index in [-0.39, 0.29) is 36.4 Å². The molecule has 1 aromatic carbocycles. The van der Waals surface area contributed by atoms with Crippen LogP contribution in [0.25, 0.3) is 0 Å². The minimum atomic E-state index is -0.678. The summed E-state index contributed by atoms with van der Waals surface area (Å²) in [6.07, 6.45) is 1.07. The largest absolute Gasteiger partial charge is 0.464 e. The second-order valence-electron chi connectivity index (χ2n) is 6.36. The summed E-state index contributed by atoms with van der Waals surface area (Å²) in [6, 6.07) is 4.39. The van der Waals surface area contributed by atoms with Crippen molar-refractivity contribution in [2.75, 3.05) is 32.8 Å². The molecule has 1 saturated heterocycles. The van der Waals surface area contributed by atoms with E-state index in [0.717, 1.165) is 18.2 Å². The van der Waals surface area contributed by atoms with Crippen LogP contribution >= 0.6 is 0 Å². The highest BCUT2D eigenvalue weighted by Crippen LogP contribution is 2.27. The monoisotopic (exact) mass is 421 g/mol. The average molecular weight is 421 g/mol. The Balaban J connectivity index is 1.58. The molecule has 0 N–H and O–H groups in total. The number of nitro groups is 1. The molecule has 0 bridgehead atoms. The number of nitro benzene ring substituents is 1. The highest BCUT2D eigenvalue weighted by Gasteiger charge is 2.26. The van der Waals surface area contributed by atoms with Crippen molar-refractivity contribution in [3.05, 3.63) is 52.1 Å². The fourth-order valence-electron chi connectivity index (χ4n) is 2.91. The van der Waals surface area contributed by atoms with E-state index in [9.17, 15) is 24.1 Å². The SMILES string of the molecule is CCOC(=O)N1CCN(C(=O)c2ccn(COc3cc(F)ccc3[N+](=O)[O-])n2)CC1. The molecule has 0 saturated carbocycles. The first-order chi connectivity index (χ1) is 14.4. The molecule has 0 unspecified atom stereocenters. The van der Waals surface area contributed by atoms with Gasteiger partial charge in [0.05, 0.1) is 11.5 Å². The number of aromatic nitrogens is 2. The molecule has 0 spiro atoms. The number of carbonyl (C=O) groups excluding carboxylic acids is 2. The molecular formula is C18H20FN5O6. The standard InChI is InChI=1S/C18H20FN5O6/c1-2-29-18(26)22-9-7-21(8-10-22)17(25)14-5-6-23(20-14)12-30-16-11-13(19)3-4-15(16)24(27)28/h3-6,11H,2,7-10,12H2,1H3. The van der Waals surface area contributed by atoms with Crippen LogP contribution in [0.5, 0.6) is 5.75 Å². The van der Waals surface area contributed by atoms with Gasteiger partial charge in [-0.25, -0.2) is 13.9 Å². The molecule has 160 valence electrons. The Morgan fingerprint density at radius 3 is 2.57 bits per heavy atom. The van der Waals surface area contributed by atoms with Gasteiger partial charge in [0, 0.05) is 44.5 Å². The summed E-state index contributed by atoms with van der Waals surface area (Å²) in [5.74, 6) is -1.22. The minimum absolute atomic E-state index is 0.164. The molecule has 1 fully saturated rings. The van der Waals surface area contributed by atoms with Crippen LogP contribution < -0.4 is 4.74 Å². The summed E-state index contributed by atoms with van der Waals surface area (Å²) in [5, 5.41) is 15.1. The van der Waals surface area contributed by atoms with Gasteiger partial charge in [0.2, 0.25) is 5.75 Å². The van der Waals surface area contributed by atoms with E-state index >= 15 is 0 Å². The third-order valence-electron chi connectivity index (χ3n) is 4.42. The van der Waals surface area contributed by atoms with Gasteiger partial charge < -0.3 is 19.3 Å². The fourth-order valence-corrected chi connectivity index (χ4v) is 2.91. The highest BCUT2D eigenvalue weighted by molar-refractivity contribution is 5.92. The molecule has 2 amide bonds. The Hall–Kier alpha value is -3.70. The number of ether oxygens (including phenoxy) is 2. The molecule has 0 radical (unpaired) electrons. The van der Waals surface area contributed by atoms with Gasteiger partial charge in [-0.05, 0) is 19.1 Å². The first kappa shape index (κ1) is 21.0. The van der Waals surface area contributed by atoms with Gasteiger partial charge in [0.1, 0.15) is 5.82 Å². The van der Waals surface area contributed by atoms with Crippen LogP contribution in [0, 0.1) is 15.9 Å². The number of benzene rings is 1. The van der Waals surface area contributed by atoms with E-state index in [2.05, 4.69) is 5.10 Å². The minimum Gasteiger partial charge on any atom is -0.464 e. The first-order valence-electron chi connectivity index (χ1n) is 9.20. The lowest BCUT2D eigenvalue weighted by molar-refractivity contribution is -0.386. The summed E-state index contributed by atoms with van der Waals surface area (Å²) < 4.78 is 24.9. The predicted octanol–water partition coefficient (Wildman–Crippen LogP) is 1.88. The van der Waals surface area contributed by atoms with Crippen molar-refractivity contribution < 1.29 is 28.4 Å². The van der Waals surface area contributed by atoms with Crippen molar-refractivity contribution in [1.29, 1.82) is 0 Å².